The Bertz CT molecular complexity index is 321. The van der Waals surface area contributed by atoms with Crippen molar-refractivity contribution in [3.05, 3.63) is 11.6 Å². The summed E-state index contributed by atoms with van der Waals surface area (Å²) in [7, 11) is 2.43. The lowest BCUT2D eigenvalue weighted by atomic mass is 9.81. The first kappa shape index (κ1) is 14.3. The third-order valence-electron chi connectivity index (χ3n) is 3.92. The summed E-state index contributed by atoms with van der Waals surface area (Å²) in [5, 5.41) is 0. The quantitative estimate of drug-likeness (QED) is 0.580. The molecule has 1 heterocycles. The topological polar surface area (TPSA) is 27.7 Å². The molecule has 0 saturated carbocycles. The maximum atomic E-state index is 5.82. The van der Waals surface area contributed by atoms with E-state index >= 15 is 0 Å². The number of hydrogen-bond donors (Lipinski definition) is 0. The SMILES string of the molecule is CO[C@H]1O[C@@H](OC)[C@@H]2CC=C(C[Si](C)(C)C)C[C@H]12. The van der Waals surface area contributed by atoms with E-state index in [1.807, 2.05) is 0 Å². The van der Waals surface area contributed by atoms with Gasteiger partial charge in [-0.2, -0.15) is 0 Å². The Labute approximate surface area is 112 Å². The fourth-order valence-electron chi connectivity index (χ4n) is 3.25. The lowest BCUT2D eigenvalue weighted by Crippen LogP contribution is -2.29. The van der Waals surface area contributed by atoms with Gasteiger partial charge in [-0.3, -0.25) is 0 Å². The monoisotopic (exact) mass is 270 g/mol. The van der Waals surface area contributed by atoms with Gasteiger partial charge in [0.05, 0.1) is 0 Å². The Hall–Kier alpha value is -0.163. The number of allylic oxidation sites excluding steroid dienone is 2. The molecule has 18 heavy (non-hydrogen) atoms. The Kier molecular flexibility index (Phi) is 4.31. The molecule has 1 saturated heterocycles. The van der Waals surface area contributed by atoms with Crippen molar-refractivity contribution in [2.45, 2.75) is 51.1 Å². The van der Waals surface area contributed by atoms with Crippen LogP contribution < -0.4 is 0 Å². The molecule has 1 aliphatic heterocycles. The standard InChI is InChI=1S/C14H26O3Si/c1-15-13-11-7-6-10(9-18(3,4)5)8-12(11)14(16-2)17-13/h6,11-14H,7-9H2,1-5H3/t11-,12+,13-,14+/m1/s1. The highest BCUT2D eigenvalue weighted by Gasteiger charge is 2.46. The molecule has 0 aromatic carbocycles. The molecule has 0 radical (unpaired) electrons. The molecule has 104 valence electrons. The summed E-state index contributed by atoms with van der Waals surface area (Å²) in [4.78, 5) is 0. The van der Waals surface area contributed by atoms with Crippen LogP contribution in [0, 0.1) is 11.8 Å². The molecule has 0 amide bonds. The molecular formula is C14H26O3Si. The van der Waals surface area contributed by atoms with Crippen LogP contribution in [0.2, 0.25) is 25.7 Å². The van der Waals surface area contributed by atoms with Crippen LogP contribution in [0.15, 0.2) is 11.6 Å². The molecule has 2 aliphatic rings. The zero-order valence-electron chi connectivity index (χ0n) is 12.2. The van der Waals surface area contributed by atoms with Crippen molar-refractivity contribution in [1.29, 1.82) is 0 Å². The number of fused-ring (bicyclic) bond motifs is 1. The fourth-order valence-corrected chi connectivity index (χ4v) is 4.90. The molecule has 2 rings (SSSR count). The van der Waals surface area contributed by atoms with E-state index in [-0.39, 0.29) is 12.6 Å². The fraction of sp³-hybridized carbons (Fsp3) is 0.857. The van der Waals surface area contributed by atoms with Crippen LogP contribution >= 0.6 is 0 Å². The van der Waals surface area contributed by atoms with E-state index in [4.69, 9.17) is 14.2 Å². The van der Waals surface area contributed by atoms with E-state index < -0.39 is 8.07 Å². The van der Waals surface area contributed by atoms with E-state index in [0.717, 1.165) is 12.8 Å². The zero-order chi connectivity index (χ0) is 13.3. The molecule has 0 aromatic heterocycles. The summed E-state index contributed by atoms with van der Waals surface area (Å²) in [6.07, 6.45) is 4.43. The molecule has 0 N–H and O–H groups in total. The van der Waals surface area contributed by atoms with E-state index in [1.165, 1.54) is 6.04 Å². The second kappa shape index (κ2) is 5.45. The lowest BCUT2D eigenvalue weighted by molar-refractivity contribution is -0.197. The van der Waals surface area contributed by atoms with Crippen molar-refractivity contribution < 1.29 is 14.2 Å². The first-order valence-electron chi connectivity index (χ1n) is 6.83. The number of hydrogen-bond acceptors (Lipinski definition) is 3. The molecule has 1 aliphatic carbocycles. The van der Waals surface area contributed by atoms with Crippen LogP contribution in [0.5, 0.6) is 0 Å². The molecule has 0 spiro atoms. The minimum Gasteiger partial charge on any atom is -0.355 e. The molecule has 0 bridgehead atoms. The molecule has 4 atom stereocenters. The third-order valence-corrected chi connectivity index (χ3v) is 5.43. The van der Waals surface area contributed by atoms with E-state index in [1.54, 1.807) is 19.8 Å². The van der Waals surface area contributed by atoms with Crippen molar-refractivity contribution in [1.82, 2.24) is 0 Å². The van der Waals surface area contributed by atoms with Gasteiger partial charge in [0, 0.05) is 34.1 Å². The highest BCUT2D eigenvalue weighted by atomic mass is 28.3. The van der Waals surface area contributed by atoms with Gasteiger partial charge < -0.3 is 14.2 Å². The highest BCUT2D eigenvalue weighted by molar-refractivity contribution is 6.76. The average molecular weight is 270 g/mol. The van der Waals surface area contributed by atoms with Gasteiger partial charge in [-0.05, 0) is 18.9 Å². The maximum absolute atomic E-state index is 5.82. The van der Waals surface area contributed by atoms with Crippen molar-refractivity contribution in [3.8, 4) is 0 Å². The molecule has 0 aromatic rings. The smallest absolute Gasteiger partial charge is 0.163 e. The average Bonchev–Trinajstić information content (AvgIpc) is 2.64. The summed E-state index contributed by atoms with van der Waals surface area (Å²) in [6, 6.07) is 1.30. The van der Waals surface area contributed by atoms with Gasteiger partial charge >= 0.3 is 0 Å². The Morgan fingerprint density at radius 3 is 2.33 bits per heavy atom. The predicted octanol–water partition coefficient (Wildman–Crippen LogP) is 3.25. The van der Waals surface area contributed by atoms with Gasteiger partial charge in [0.1, 0.15) is 0 Å². The molecule has 1 fully saturated rings. The normalized spacial score (nSPS) is 36.4. The van der Waals surface area contributed by atoms with Crippen molar-refractivity contribution in [2.75, 3.05) is 14.2 Å². The number of methoxy groups -OCH3 is 2. The predicted molar refractivity (Wildman–Crippen MR) is 75.1 cm³/mol. The Morgan fingerprint density at radius 2 is 1.78 bits per heavy atom. The minimum absolute atomic E-state index is 0.0923. The van der Waals surface area contributed by atoms with Crippen LogP contribution in [0.1, 0.15) is 12.8 Å². The maximum Gasteiger partial charge on any atom is 0.163 e. The summed E-state index contributed by atoms with van der Waals surface area (Å²) < 4.78 is 16.7. The summed E-state index contributed by atoms with van der Waals surface area (Å²) in [5.41, 5.74) is 1.61. The number of ether oxygens (including phenoxy) is 3. The van der Waals surface area contributed by atoms with Gasteiger partial charge in [0.25, 0.3) is 0 Å². The molecule has 0 unspecified atom stereocenters. The first-order valence-corrected chi connectivity index (χ1v) is 10.5. The van der Waals surface area contributed by atoms with Crippen LogP contribution in [0.25, 0.3) is 0 Å². The van der Waals surface area contributed by atoms with Crippen molar-refractivity contribution in [3.63, 3.8) is 0 Å². The summed E-state index contributed by atoms with van der Waals surface area (Å²) >= 11 is 0. The first-order chi connectivity index (χ1) is 8.44. The molecule has 3 nitrogen and oxygen atoms in total. The minimum atomic E-state index is -1.03. The zero-order valence-corrected chi connectivity index (χ0v) is 13.2. The second-order valence-corrected chi connectivity index (χ2v) is 12.2. The molecule has 4 heteroatoms. The van der Waals surface area contributed by atoms with E-state index in [2.05, 4.69) is 25.7 Å². The van der Waals surface area contributed by atoms with Crippen molar-refractivity contribution in [2.24, 2.45) is 11.8 Å². The Morgan fingerprint density at radius 1 is 1.17 bits per heavy atom. The Balaban J connectivity index is 2.07. The van der Waals surface area contributed by atoms with Crippen LogP contribution in [-0.4, -0.2) is 34.9 Å². The summed E-state index contributed by atoms with van der Waals surface area (Å²) in [5.74, 6) is 0.932. The van der Waals surface area contributed by atoms with Gasteiger partial charge in [-0.1, -0.05) is 31.3 Å². The second-order valence-electron chi connectivity index (χ2n) is 6.71. The highest BCUT2D eigenvalue weighted by Crippen LogP contribution is 2.44. The van der Waals surface area contributed by atoms with Crippen LogP contribution in [0.3, 0.4) is 0 Å². The van der Waals surface area contributed by atoms with Crippen molar-refractivity contribution >= 4 is 8.07 Å². The van der Waals surface area contributed by atoms with E-state index in [9.17, 15) is 0 Å². The van der Waals surface area contributed by atoms with Crippen LogP contribution in [0.4, 0.5) is 0 Å². The van der Waals surface area contributed by atoms with Gasteiger partial charge in [0.2, 0.25) is 0 Å². The largest absolute Gasteiger partial charge is 0.355 e. The van der Waals surface area contributed by atoms with Gasteiger partial charge in [-0.15, -0.1) is 0 Å². The van der Waals surface area contributed by atoms with Gasteiger partial charge in [-0.25, -0.2) is 0 Å². The number of rotatable bonds is 4. The molecular weight excluding hydrogens is 244 g/mol. The van der Waals surface area contributed by atoms with Crippen LogP contribution in [-0.2, 0) is 14.2 Å². The summed E-state index contributed by atoms with van der Waals surface area (Å²) in [6.45, 7) is 7.28. The van der Waals surface area contributed by atoms with Gasteiger partial charge in [0.15, 0.2) is 12.6 Å². The third kappa shape index (κ3) is 3.04. The van der Waals surface area contributed by atoms with E-state index in [0.29, 0.717) is 11.8 Å². The lowest BCUT2D eigenvalue weighted by Gasteiger charge is -2.30.